The fourth-order valence-electron chi connectivity index (χ4n) is 4.05. The van der Waals surface area contributed by atoms with Crippen molar-refractivity contribution >= 4 is 15.9 Å². The summed E-state index contributed by atoms with van der Waals surface area (Å²) in [6.07, 6.45) is 4.52. The zero-order chi connectivity index (χ0) is 20.1. The molecule has 3 rings (SSSR count). The molecule has 1 saturated carbocycles. The minimum Gasteiger partial charge on any atom is -0.494 e. The summed E-state index contributed by atoms with van der Waals surface area (Å²) >= 11 is 0. The molecule has 1 aliphatic carbocycles. The van der Waals surface area contributed by atoms with Crippen LogP contribution in [0.3, 0.4) is 0 Å². The van der Waals surface area contributed by atoms with Crippen molar-refractivity contribution in [1.82, 2.24) is 9.62 Å². The van der Waals surface area contributed by atoms with E-state index in [0.717, 1.165) is 17.7 Å². The van der Waals surface area contributed by atoms with Crippen molar-refractivity contribution in [3.05, 3.63) is 24.3 Å². The number of rotatable bonds is 7. The Morgan fingerprint density at radius 3 is 2.39 bits per heavy atom. The topological polar surface area (TPSA) is 80.2 Å². The van der Waals surface area contributed by atoms with Gasteiger partial charge in [-0.05, 0) is 51.0 Å². The molecule has 28 heavy (non-hydrogen) atoms. The van der Waals surface area contributed by atoms with Gasteiger partial charge >= 0.3 is 0 Å². The van der Waals surface area contributed by atoms with Crippen LogP contribution in [0.2, 0.25) is 0 Å². The minimum atomic E-state index is -3.52. The van der Waals surface area contributed by atoms with Gasteiger partial charge in [0.05, 0.1) is 37.7 Å². The Morgan fingerprint density at radius 2 is 1.82 bits per heavy atom. The molecular weight excluding hydrogens is 378 g/mol. The van der Waals surface area contributed by atoms with Crippen LogP contribution in [0.5, 0.6) is 5.75 Å². The van der Waals surface area contributed by atoms with Gasteiger partial charge in [0.15, 0.2) is 6.04 Å². The summed E-state index contributed by atoms with van der Waals surface area (Å²) in [5.74, 6) is 0.752. The van der Waals surface area contributed by atoms with Crippen LogP contribution in [-0.4, -0.2) is 63.5 Å². The van der Waals surface area contributed by atoms with Gasteiger partial charge in [-0.25, -0.2) is 8.42 Å². The van der Waals surface area contributed by atoms with Crippen molar-refractivity contribution in [3.63, 3.8) is 0 Å². The standard InChI is InChI=1S/C20H31N3O4S/c1-3-27-18-8-10-19(11-9-18)28(25,26)23-14-12-22(13-15-23)16(2)20(24)21-17-6-4-5-7-17/h8-11,16-17H,3-7,12-15H2,1-2H3,(H,21,24)/p+1/t16-/m0/s1. The number of sulfonamides is 1. The van der Waals surface area contributed by atoms with Crippen LogP contribution in [0, 0.1) is 0 Å². The molecule has 8 heteroatoms. The second-order valence-electron chi connectivity index (χ2n) is 7.68. The molecule has 2 fully saturated rings. The molecule has 2 aliphatic rings. The number of hydrogen-bond acceptors (Lipinski definition) is 4. The zero-order valence-electron chi connectivity index (χ0n) is 16.8. The monoisotopic (exact) mass is 410 g/mol. The molecule has 0 bridgehead atoms. The van der Waals surface area contributed by atoms with E-state index in [1.807, 2.05) is 13.8 Å². The number of ether oxygens (including phenoxy) is 1. The molecule has 0 spiro atoms. The summed E-state index contributed by atoms with van der Waals surface area (Å²) < 4.78 is 32.7. The third kappa shape index (κ3) is 4.85. The number of nitrogens with zero attached hydrogens (tertiary/aromatic N) is 1. The fraction of sp³-hybridized carbons (Fsp3) is 0.650. The van der Waals surface area contributed by atoms with Crippen LogP contribution in [-0.2, 0) is 14.8 Å². The van der Waals surface area contributed by atoms with E-state index in [9.17, 15) is 13.2 Å². The number of hydrogen-bond donors (Lipinski definition) is 2. The Hall–Kier alpha value is -1.64. The molecule has 156 valence electrons. The number of benzene rings is 1. The van der Waals surface area contributed by atoms with E-state index in [4.69, 9.17) is 4.74 Å². The fourth-order valence-corrected chi connectivity index (χ4v) is 5.49. The van der Waals surface area contributed by atoms with Gasteiger partial charge in [0.2, 0.25) is 10.0 Å². The molecule has 1 saturated heterocycles. The first-order chi connectivity index (χ1) is 13.4. The lowest BCUT2D eigenvalue weighted by molar-refractivity contribution is -0.917. The molecule has 1 heterocycles. The van der Waals surface area contributed by atoms with Crippen molar-refractivity contribution in [2.24, 2.45) is 0 Å². The van der Waals surface area contributed by atoms with E-state index >= 15 is 0 Å². The number of carbonyl (C=O) groups is 1. The number of nitrogens with one attached hydrogen (secondary N) is 2. The molecule has 0 unspecified atom stereocenters. The maximum atomic E-state index is 12.9. The minimum absolute atomic E-state index is 0.0877. The smallest absolute Gasteiger partial charge is 0.278 e. The Bertz CT molecular complexity index is 752. The number of carbonyl (C=O) groups excluding carboxylic acids is 1. The lowest BCUT2D eigenvalue weighted by Crippen LogP contribution is -3.19. The molecule has 1 atom stereocenters. The van der Waals surface area contributed by atoms with Crippen LogP contribution in [0.15, 0.2) is 29.2 Å². The summed E-state index contributed by atoms with van der Waals surface area (Å²) in [5, 5.41) is 3.16. The number of quaternary nitrogens is 1. The van der Waals surface area contributed by atoms with Gasteiger partial charge in [0, 0.05) is 6.04 Å². The van der Waals surface area contributed by atoms with Crippen LogP contribution < -0.4 is 15.0 Å². The van der Waals surface area contributed by atoms with Gasteiger partial charge in [-0.2, -0.15) is 4.31 Å². The maximum Gasteiger partial charge on any atom is 0.278 e. The molecule has 7 nitrogen and oxygen atoms in total. The molecule has 0 aromatic heterocycles. The van der Waals surface area contributed by atoms with Crippen LogP contribution in [0.4, 0.5) is 0 Å². The van der Waals surface area contributed by atoms with Gasteiger partial charge in [-0.15, -0.1) is 0 Å². The van der Waals surface area contributed by atoms with Gasteiger partial charge < -0.3 is 15.0 Å². The maximum absolute atomic E-state index is 12.9. The lowest BCUT2D eigenvalue weighted by Gasteiger charge is -2.34. The van der Waals surface area contributed by atoms with Crippen molar-refractivity contribution < 1.29 is 22.8 Å². The summed E-state index contributed by atoms with van der Waals surface area (Å²) in [6, 6.07) is 6.72. The van der Waals surface area contributed by atoms with E-state index in [1.54, 1.807) is 24.3 Å². The van der Waals surface area contributed by atoms with Crippen molar-refractivity contribution in [2.45, 2.75) is 56.5 Å². The average Bonchev–Trinajstić information content (AvgIpc) is 3.21. The highest BCUT2D eigenvalue weighted by Crippen LogP contribution is 2.20. The first-order valence-corrected chi connectivity index (χ1v) is 11.7. The molecule has 1 aromatic carbocycles. The summed E-state index contributed by atoms with van der Waals surface area (Å²) in [5.41, 5.74) is 0. The van der Waals surface area contributed by atoms with Crippen molar-refractivity contribution in [3.8, 4) is 5.75 Å². The van der Waals surface area contributed by atoms with Crippen LogP contribution in [0.1, 0.15) is 39.5 Å². The quantitative estimate of drug-likeness (QED) is 0.683. The summed E-state index contributed by atoms with van der Waals surface area (Å²) in [7, 11) is -3.52. The predicted molar refractivity (Wildman–Crippen MR) is 107 cm³/mol. The Balaban J connectivity index is 1.55. The van der Waals surface area contributed by atoms with Crippen LogP contribution >= 0.6 is 0 Å². The number of amides is 1. The lowest BCUT2D eigenvalue weighted by atomic mass is 10.2. The normalized spacial score (nSPS) is 20.8. The third-order valence-corrected chi connectivity index (χ3v) is 7.76. The Morgan fingerprint density at radius 1 is 1.21 bits per heavy atom. The van der Waals surface area contributed by atoms with Gasteiger partial charge in [-0.1, -0.05) is 12.8 Å². The Labute approximate surface area is 168 Å². The van der Waals surface area contributed by atoms with Crippen molar-refractivity contribution in [1.29, 1.82) is 0 Å². The molecule has 1 aliphatic heterocycles. The molecule has 0 radical (unpaired) electrons. The van der Waals surface area contributed by atoms with Crippen LogP contribution in [0.25, 0.3) is 0 Å². The predicted octanol–water partition coefficient (Wildman–Crippen LogP) is 0.422. The van der Waals surface area contributed by atoms with E-state index in [0.29, 0.717) is 44.6 Å². The zero-order valence-corrected chi connectivity index (χ0v) is 17.6. The first-order valence-electron chi connectivity index (χ1n) is 10.3. The highest BCUT2D eigenvalue weighted by atomic mass is 32.2. The average molecular weight is 411 g/mol. The second-order valence-corrected chi connectivity index (χ2v) is 9.62. The highest BCUT2D eigenvalue weighted by Gasteiger charge is 2.35. The highest BCUT2D eigenvalue weighted by molar-refractivity contribution is 7.89. The first kappa shape index (κ1) is 21.1. The number of piperazine rings is 1. The van der Waals surface area contributed by atoms with E-state index in [2.05, 4.69) is 5.32 Å². The molecular formula is C20H32N3O4S+. The van der Waals surface area contributed by atoms with Gasteiger partial charge in [-0.3, -0.25) is 4.79 Å². The summed E-state index contributed by atoms with van der Waals surface area (Å²) in [4.78, 5) is 13.9. The van der Waals surface area contributed by atoms with Gasteiger partial charge in [0.1, 0.15) is 5.75 Å². The SMILES string of the molecule is CCOc1ccc(S(=O)(=O)N2CC[NH+]([C@@H](C)C(=O)NC3CCCC3)CC2)cc1. The van der Waals surface area contributed by atoms with E-state index in [1.165, 1.54) is 17.1 Å². The molecule has 1 amide bonds. The third-order valence-electron chi connectivity index (χ3n) is 5.84. The second kappa shape index (κ2) is 9.24. The Kier molecular flexibility index (Phi) is 6.95. The van der Waals surface area contributed by atoms with E-state index < -0.39 is 10.0 Å². The van der Waals surface area contributed by atoms with Crippen molar-refractivity contribution in [2.75, 3.05) is 32.8 Å². The summed E-state index contributed by atoms with van der Waals surface area (Å²) in [6.45, 7) is 6.49. The van der Waals surface area contributed by atoms with E-state index in [-0.39, 0.29) is 16.8 Å². The molecule has 1 aromatic rings. The largest absolute Gasteiger partial charge is 0.494 e. The molecule has 2 N–H and O–H groups in total. The van der Waals surface area contributed by atoms with Gasteiger partial charge in [0.25, 0.3) is 5.91 Å².